The minimum Gasteiger partial charge on any atom is -0.481 e. The molecular formula is C14H10BrIO2S. The van der Waals surface area contributed by atoms with Gasteiger partial charge in [-0.2, -0.15) is 0 Å². The summed E-state index contributed by atoms with van der Waals surface area (Å²) in [6.07, 6.45) is 0.0487. The molecule has 19 heavy (non-hydrogen) atoms. The molecule has 0 fully saturated rings. The Morgan fingerprint density at radius 1 is 1.21 bits per heavy atom. The van der Waals surface area contributed by atoms with E-state index in [1.807, 2.05) is 18.2 Å². The summed E-state index contributed by atoms with van der Waals surface area (Å²) in [5, 5.41) is 8.77. The zero-order valence-electron chi connectivity index (χ0n) is 9.77. The van der Waals surface area contributed by atoms with Gasteiger partial charge in [-0.1, -0.05) is 17.8 Å². The number of halogens is 2. The van der Waals surface area contributed by atoms with E-state index < -0.39 is 5.97 Å². The third-order valence-electron chi connectivity index (χ3n) is 2.39. The first-order valence-electron chi connectivity index (χ1n) is 5.48. The first-order valence-corrected chi connectivity index (χ1v) is 8.17. The van der Waals surface area contributed by atoms with Crippen LogP contribution in [0.3, 0.4) is 0 Å². The molecule has 0 heterocycles. The number of hydrogen-bond donors (Lipinski definition) is 1. The maximum atomic E-state index is 10.7. The molecule has 2 aromatic carbocycles. The number of aliphatic carboxylic acids is 1. The van der Waals surface area contributed by atoms with Gasteiger partial charge in [0.05, 0.1) is 6.42 Å². The van der Waals surface area contributed by atoms with Gasteiger partial charge in [-0.15, -0.1) is 0 Å². The van der Waals surface area contributed by atoms with Gasteiger partial charge < -0.3 is 5.11 Å². The molecule has 0 bridgehead atoms. The van der Waals surface area contributed by atoms with Crippen molar-refractivity contribution in [2.24, 2.45) is 0 Å². The van der Waals surface area contributed by atoms with E-state index in [2.05, 4.69) is 62.8 Å². The molecule has 0 aliphatic carbocycles. The molecule has 2 aromatic rings. The highest BCUT2D eigenvalue weighted by molar-refractivity contribution is 14.1. The molecule has 0 radical (unpaired) electrons. The fourth-order valence-electron chi connectivity index (χ4n) is 1.54. The number of carbonyl (C=O) groups is 1. The van der Waals surface area contributed by atoms with Crippen LogP contribution < -0.4 is 0 Å². The van der Waals surface area contributed by atoms with Crippen molar-refractivity contribution < 1.29 is 9.90 Å². The standard InChI is InChI=1S/C14H10BrIO2S/c15-12-7-9(8-14(17)18)1-6-13(12)19-11-4-2-10(16)3-5-11/h1-7H,8H2,(H,17,18). The number of carboxylic acids is 1. The van der Waals surface area contributed by atoms with Crippen LogP contribution in [0.1, 0.15) is 5.56 Å². The van der Waals surface area contributed by atoms with Crippen LogP contribution in [-0.2, 0) is 11.2 Å². The van der Waals surface area contributed by atoms with E-state index in [9.17, 15) is 4.79 Å². The number of rotatable bonds is 4. The summed E-state index contributed by atoms with van der Waals surface area (Å²) in [7, 11) is 0. The van der Waals surface area contributed by atoms with Gasteiger partial charge in [-0.3, -0.25) is 4.79 Å². The van der Waals surface area contributed by atoms with E-state index in [0.717, 1.165) is 19.8 Å². The second-order valence-electron chi connectivity index (χ2n) is 3.89. The molecular weight excluding hydrogens is 439 g/mol. The molecule has 1 N–H and O–H groups in total. The van der Waals surface area contributed by atoms with Gasteiger partial charge in [0.2, 0.25) is 0 Å². The predicted octanol–water partition coefficient (Wildman–Crippen LogP) is 4.83. The average Bonchev–Trinajstić information content (AvgIpc) is 2.34. The fourth-order valence-corrected chi connectivity index (χ4v) is 3.39. The molecule has 0 unspecified atom stereocenters. The van der Waals surface area contributed by atoms with Crippen LogP contribution >= 0.6 is 50.3 Å². The van der Waals surface area contributed by atoms with Crippen molar-refractivity contribution in [2.75, 3.05) is 0 Å². The van der Waals surface area contributed by atoms with Crippen LogP contribution in [0.2, 0.25) is 0 Å². The number of benzene rings is 2. The van der Waals surface area contributed by atoms with Gasteiger partial charge in [0, 0.05) is 17.8 Å². The maximum Gasteiger partial charge on any atom is 0.307 e. The van der Waals surface area contributed by atoms with Crippen LogP contribution in [-0.4, -0.2) is 11.1 Å². The van der Waals surface area contributed by atoms with Crippen molar-refractivity contribution in [3.05, 3.63) is 56.1 Å². The van der Waals surface area contributed by atoms with Crippen LogP contribution in [0.25, 0.3) is 0 Å². The zero-order chi connectivity index (χ0) is 13.8. The van der Waals surface area contributed by atoms with Crippen LogP contribution in [0.4, 0.5) is 0 Å². The first-order chi connectivity index (χ1) is 9.04. The van der Waals surface area contributed by atoms with Gasteiger partial charge in [-0.05, 0) is 80.5 Å². The van der Waals surface area contributed by atoms with Crippen LogP contribution in [0.5, 0.6) is 0 Å². The maximum absolute atomic E-state index is 10.7. The predicted molar refractivity (Wildman–Crippen MR) is 88.8 cm³/mol. The smallest absolute Gasteiger partial charge is 0.307 e. The highest BCUT2D eigenvalue weighted by Crippen LogP contribution is 2.34. The molecule has 0 spiro atoms. The Hall–Kier alpha value is -0.530. The largest absolute Gasteiger partial charge is 0.481 e. The van der Waals surface area contributed by atoms with E-state index in [-0.39, 0.29) is 6.42 Å². The lowest BCUT2D eigenvalue weighted by Gasteiger charge is -2.06. The van der Waals surface area contributed by atoms with Crippen molar-refractivity contribution in [3.63, 3.8) is 0 Å². The zero-order valence-corrected chi connectivity index (χ0v) is 14.3. The number of carboxylic acid groups (broad SMARTS) is 1. The van der Waals surface area contributed by atoms with Gasteiger partial charge in [0.25, 0.3) is 0 Å². The third kappa shape index (κ3) is 4.50. The van der Waals surface area contributed by atoms with E-state index in [4.69, 9.17) is 5.11 Å². The molecule has 98 valence electrons. The average molecular weight is 449 g/mol. The molecule has 0 aliphatic heterocycles. The Morgan fingerprint density at radius 2 is 1.89 bits per heavy atom. The minimum absolute atomic E-state index is 0.0487. The summed E-state index contributed by atoms with van der Waals surface area (Å²) < 4.78 is 2.13. The highest BCUT2D eigenvalue weighted by atomic mass is 127. The molecule has 0 amide bonds. The molecule has 0 saturated carbocycles. The molecule has 0 aromatic heterocycles. The first kappa shape index (κ1) is 14.9. The second-order valence-corrected chi connectivity index (χ2v) is 7.11. The summed E-state index contributed by atoms with van der Waals surface area (Å²) in [4.78, 5) is 12.9. The van der Waals surface area contributed by atoms with Crippen LogP contribution in [0.15, 0.2) is 56.7 Å². The van der Waals surface area contributed by atoms with E-state index in [1.54, 1.807) is 11.8 Å². The monoisotopic (exact) mass is 448 g/mol. The Morgan fingerprint density at radius 3 is 2.47 bits per heavy atom. The normalized spacial score (nSPS) is 10.4. The quantitative estimate of drug-likeness (QED) is 0.680. The summed E-state index contributed by atoms with van der Waals surface area (Å²) in [6, 6.07) is 13.9. The van der Waals surface area contributed by atoms with Crippen molar-refractivity contribution >= 4 is 56.3 Å². The van der Waals surface area contributed by atoms with Gasteiger partial charge in [0.15, 0.2) is 0 Å². The Labute approximate surface area is 137 Å². The van der Waals surface area contributed by atoms with Gasteiger partial charge in [-0.25, -0.2) is 0 Å². The van der Waals surface area contributed by atoms with Gasteiger partial charge in [0.1, 0.15) is 0 Å². The summed E-state index contributed by atoms with van der Waals surface area (Å²) in [5.74, 6) is -0.815. The second kappa shape index (κ2) is 6.76. The minimum atomic E-state index is -0.815. The Bertz CT molecular complexity index is 599. The van der Waals surface area contributed by atoms with Crippen molar-refractivity contribution in [2.45, 2.75) is 16.2 Å². The van der Waals surface area contributed by atoms with E-state index >= 15 is 0 Å². The molecule has 0 atom stereocenters. The summed E-state index contributed by atoms with van der Waals surface area (Å²) in [6.45, 7) is 0. The molecule has 0 aliphatic rings. The number of hydrogen-bond acceptors (Lipinski definition) is 2. The fraction of sp³-hybridized carbons (Fsp3) is 0.0714. The summed E-state index contributed by atoms with van der Waals surface area (Å²) in [5.41, 5.74) is 0.798. The lowest BCUT2D eigenvalue weighted by Crippen LogP contribution is -1.99. The lowest BCUT2D eigenvalue weighted by atomic mass is 10.2. The Kier molecular flexibility index (Phi) is 5.29. The van der Waals surface area contributed by atoms with Gasteiger partial charge >= 0.3 is 5.97 Å². The molecule has 0 saturated heterocycles. The van der Waals surface area contributed by atoms with Crippen LogP contribution in [0, 0.1) is 3.57 Å². The van der Waals surface area contributed by atoms with E-state index in [1.165, 1.54) is 3.57 Å². The third-order valence-corrected chi connectivity index (χ3v) is 5.11. The van der Waals surface area contributed by atoms with Crippen molar-refractivity contribution in [1.29, 1.82) is 0 Å². The van der Waals surface area contributed by atoms with Crippen molar-refractivity contribution in [3.8, 4) is 0 Å². The van der Waals surface area contributed by atoms with E-state index in [0.29, 0.717) is 0 Å². The SMILES string of the molecule is O=C(O)Cc1ccc(Sc2ccc(I)cc2)c(Br)c1. The molecule has 2 rings (SSSR count). The lowest BCUT2D eigenvalue weighted by molar-refractivity contribution is -0.136. The topological polar surface area (TPSA) is 37.3 Å². The summed E-state index contributed by atoms with van der Waals surface area (Å²) >= 11 is 7.42. The molecule has 2 nitrogen and oxygen atoms in total. The van der Waals surface area contributed by atoms with Crippen molar-refractivity contribution in [1.82, 2.24) is 0 Å². The Balaban J connectivity index is 2.17. The highest BCUT2D eigenvalue weighted by Gasteiger charge is 2.06. The molecule has 5 heteroatoms.